The molecule has 6 heteroatoms. The standard InChI is InChI=1S/C5H10N2O4/c6-1-4(8)11-2-3(7)5(9)10/h3H,1-2,6-7H2,(H,9,10). The SMILES string of the molecule is NCC(=O)OCC(N)C(=O)O. The summed E-state index contributed by atoms with van der Waals surface area (Å²) < 4.78 is 4.34. The molecular formula is C5H10N2O4. The maximum atomic E-state index is 10.3. The van der Waals surface area contributed by atoms with Gasteiger partial charge in [-0.3, -0.25) is 9.59 Å². The minimum Gasteiger partial charge on any atom is -0.480 e. The van der Waals surface area contributed by atoms with E-state index in [1.807, 2.05) is 0 Å². The zero-order valence-corrected chi connectivity index (χ0v) is 5.82. The molecule has 0 fully saturated rings. The second kappa shape index (κ2) is 4.64. The van der Waals surface area contributed by atoms with Gasteiger partial charge in [0, 0.05) is 0 Å². The van der Waals surface area contributed by atoms with Gasteiger partial charge in [0.2, 0.25) is 0 Å². The molecule has 0 aliphatic rings. The lowest BCUT2D eigenvalue weighted by molar-refractivity contribution is -0.146. The van der Waals surface area contributed by atoms with Crippen molar-refractivity contribution in [3.63, 3.8) is 0 Å². The minimum absolute atomic E-state index is 0.271. The lowest BCUT2D eigenvalue weighted by Crippen LogP contribution is -2.36. The number of aliphatic carboxylic acids is 1. The molecular weight excluding hydrogens is 152 g/mol. The zero-order chi connectivity index (χ0) is 8.85. The zero-order valence-electron chi connectivity index (χ0n) is 5.82. The van der Waals surface area contributed by atoms with Gasteiger partial charge in [-0.15, -0.1) is 0 Å². The molecule has 6 nitrogen and oxygen atoms in total. The topological polar surface area (TPSA) is 116 Å². The van der Waals surface area contributed by atoms with E-state index >= 15 is 0 Å². The Balaban J connectivity index is 3.54. The quantitative estimate of drug-likeness (QED) is 0.408. The van der Waals surface area contributed by atoms with Crippen LogP contribution in [-0.4, -0.2) is 36.2 Å². The smallest absolute Gasteiger partial charge is 0.324 e. The van der Waals surface area contributed by atoms with E-state index in [2.05, 4.69) is 4.74 Å². The summed E-state index contributed by atoms with van der Waals surface area (Å²) in [6.45, 7) is -0.613. The maximum absolute atomic E-state index is 10.3. The third-order valence-corrected chi connectivity index (χ3v) is 0.908. The Morgan fingerprint density at radius 3 is 2.45 bits per heavy atom. The highest BCUT2D eigenvalue weighted by Gasteiger charge is 2.12. The first-order chi connectivity index (χ1) is 5.07. The highest BCUT2D eigenvalue weighted by Crippen LogP contribution is 1.82. The van der Waals surface area contributed by atoms with E-state index < -0.39 is 18.0 Å². The van der Waals surface area contributed by atoms with Crippen molar-refractivity contribution < 1.29 is 19.4 Å². The first-order valence-electron chi connectivity index (χ1n) is 2.92. The number of rotatable bonds is 4. The fourth-order valence-corrected chi connectivity index (χ4v) is 0.313. The predicted molar refractivity (Wildman–Crippen MR) is 35.6 cm³/mol. The second-order valence-corrected chi connectivity index (χ2v) is 1.83. The number of hydrogen-bond donors (Lipinski definition) is 3. The Morgan fingerprint density at radius 2 is 2.09 bits per heavy atom. The van der Waals surface area contributed by atoms with Crippen molar-refractivity contribution in [2.24, 2.45) is 11.5 Å². The molecule has 0 amide bonds. The van der Waals surface area contributed by atoms with E-state index in [1.54, 1.807) is 0 Å². The van der Waals surface area contributed by atoms with Gasteiger partial charge in [-0.05, 0) is 0 Å². The summed E-state index contributed by atoms with van der Waals surface area (Å²) in [5.74, 6) is -1.88. The number of hydrogen-bond acceptors (Lipinski definition) is 5. The third-order valence-electron chi connectivity index (χ3n) is 0.908. The van der Waals surface area contributed by atoms with Crippen molar-refractivity contribution in [2.75, 3.05) is 13.2 Å². The van der Waals surface area contributed by atoms with E-state index in [0.29, 0.717) is 0 Å². The normalized spacial score (nSPS) is 12.2. The highest BCUT2D eigenvalue weighted by molar-refractivity contribution is 5.75. The van der Waals surface area contributed by atoms with E-state index in [9.17, 15) is 9.59 Å². The molecule has 0 aromatic rings. The van der Waals surface area contributed by atoms with Crippen LogP contribution in [0, 0.1) is 0 Å². The number of nitrogens with two attached hydrogens (primary N) is 2. The molecule has 64 valence electrons. The van der Waals surface area contributed by atoms with Crippen LogP contribution in [-0.2, 0) is 14.3 Å². The van der Waals surface area contributed by atoms with Crippen LogP contribution in [0.2, 0.25) is 0 Å². The van der Waals surface area contributed by atoms with E-state index in [0.717, 1.165) is 0 Å². The molecule has 0 aliphatic carbocycles. The molecule has 0 heterocycles. The summed E-state index contributed by atoms with van der Waals surface area (Å²) in [6.07, 6.45) is 0. The molecule has 0 radical (unpaired) electrons. The summed E-state index contributed by atoms with van der Waals surface area (Å²) in [4.78, 5) is 20.4. The Kier molecular flexibility index (Phi) is 4.16. The van der Waals surface area contributed by atoms with Crippen molar-refractivity contribution in [3.8, 4) is 0 Å². The van der Waals surface area contributed by atoms with Crippen LogP contribution in [0.1, 0.15) is 0 Å². The summed E-state index contributed by atoms with van der Waals surface area (Å²) in [5.41, 5.74) is 9.87. The van der Waals surface area contributed by atoms with Crippen molar-refractivity contribution in [2.45, 2.75) is 6.04 Å². The summed E-state index contributed by atoms with van der Waals surface area (Å²) in [7, 11) is 0. The molecule has 5 N–H and O–H groups in total. The van der Waals surface area contributed by atoms with Gasteiger partial charge in [0.15, 0.2) is 0 Å². The van der Waals surface area contributed by atoms with Crippen LogP contribution in [0.4, 0.5) is 0 Å². The average Bonchev–Trinajstić information content (AvgIpc) is 1.99. The van der Waals surface area contributed by atoms with Crippen LogP contribution in [0.15, 0.2) is 0 Å². The van der Waals surface area contributed by atoms with Crippen LogP contribution >= 0.6 is 0 Å². The van der Waals surface area contributed by atoms with Crippen molar-refractivity contribution >= 4 is 11.9 Å². The molecule has 1 atom stereocenters. The van der Waals surface area contributed by atoms with Gasteiger partial charge in [-0.1, -0.05) is 0 Å². The van der Waals surface area contributed by atoms with Gasteiger partial charge >= 0.3 is 11.9 Å². The predicted octanol–water partition coefficient (Wildman–Crippen LogP) is -2.10. The lowest BCUT2D eigenvalue weighted by Gasteiger charge is -2.05. The Morgan fingerprint density at radius 1 is 1.55 bits per heavy atom. The van der Waals surface area contributed by atoms with Crippen LogP contribution < -0.4 is 11.5 Å². The maximum Gasteiger partial charge on any atom is 0.324 e. The van der Waals surface area contributed by atoms with E-state index in [-0.39, 0.29) is 13.2 Å². The summed E-state index contributed by atoms with van der Waals surface area (Å²) in [6, 6.07) is -1.18. The third kappa shape index (κ3) is 4.29. The molecule has 0 saturated heterocycles. The monoisotopic (exact) mass is 162 g/mol. The van der Waals surface area contributed by atoms with Gasteiger partial charge < -0.3 is 21.3 Å². The largest absolute Gasteiger partial charge is 0.480 e. The Hall–Kier alpha value is -1.14. The minimum atomic E-state index is -1.21. The number of esters is 1. The molecule has 0 spiro atoms. The summed E-state index contributed by atoms with van der Waals surface area (Å²) >= 11 is 0. The molecule has 0 bridgehead atoms. The Bertz CT molecular complexity index is 159. The Labute approximate surface area is 63.1 Å². The number of carboxylic acid groups (broad SMARTS) is 1. The van der Waals surface area contributed by atoms with Gasteiger partial charge in [0.05, 0.1) is 6.54 Å². The highest BCUT2D eigenvalue weighted by atomic mass is 16.5. The molecule has 0 aromatic carbocycles. The van der Waals surface area contributed by atoms with Gasteiger partial charge in [-0.25, -0.2) is 0 Å². The molecule has 11 heavy (non-hydrogen) atoms. The lowest BCUT2D eigenvalue weighted by atomic mass is 10.3. The fourth-order valence-electron chi connectivity index (χ4n) is 0.313. The average molecular weight is 162 g/mol. The molecule has 0 saturated carbocycles. The second-order valence-electron chi connectivity index (χ2n) is 1.83. The number of carbonyl (C=O) groups excluding carboxylic acids is 1. The van der Waals surface area contributed by atoms with Crippen molar-refractivity contribution in [3.05, 3.63) is 0 Å². The van der Waals surface area contributed by atoms with E-state index in [4.69, 9.17) is 16.6 Å². The fraction of sp³-hybridized carbons (Fsp3) is 0.600. The number of carboxylic acids is 1. The van der Waals surface area contributed by atoms with Gasteiger partial charge in [0.1, 0.15) is 12.6 Å². The number of ether oxygens (including phenoxy) is 1. The van der Waals surface area contributed by atoms with Crippen LogP contribution in [0.5, 0.6) is 0 Å². The first kappa shape index (κ1) is 9.86. The van der Waals surface area contributed by atoms with Crippen molar-refractivity contribution in [1.82, 2.24) is 0 Å². The molecule has 1 unspecified atom stereocenters. The molecule has 0 aromatic heterocycles. The summed E-state index contributed by atoms with van der Waals surface area (Å²) in [5, 5.41) is 8.22. The van der Waals surface area contributed by atoms with Crippen molar-refractivity contribution in [1.29, 1.82) is 0 Å². The van der Waals surface area contributed by atoms with Gasteiger partial charge in [-0.2, -0.15) is 0 Å². The van der Waals surface area contributed by atoms with Crippen LogP contribution in [0.25, 0.3) is 0 Å². The molecule has 0 rings (SSSR count). The van der Waals surface area contributed by atoms with Crippen LogP contribution in [0.3, 0.4) is 0 Å². The first-order valence-corrected chi connectivity index (χ1v) is 2.92. The molecule has 0 aliphatic heterocycles. The number of carbonyl (C=O) groups is 2. The van der Waals surface area contributed by atoms with Gasteiger partial charge in [0.25, 0.3) is 0 Å². The van der Waals surface area contributed by atoms with E-state index in [1.165, 1.54) is 0 Å².